The van der Waals surface area contributed by atoms with Crippen LogP contribution in [0.1, 0.15) is 11.3 Å². The van der Waals surface area contributed by atoms with Crippen LogP contribution in [-0.2, 0) is 6.18 Å². The molecule has 2 aromatic carbocycles. The number of aromatic nitrogens is 2. The molecular weight excluding hydrogens is 331 g/mol. The van der Waals surface area contributed by atoms with Crippen LogP contribution in [0.2, 0.25) is 0 Å². The molecule has 1 heterocycles. The van der Waals surface area contributed by atoms with Crippen molar-refractivity contribution in [2.75, 3.05) is 0 Å². The Morgan fingerprint density at radius 3 is 2.04 bits per heavy atom. The summed E-state index contributed by atoms with van der Waals surface area (Å²) in [6.07, 6.45) is -3.56. The average Bonchev–Trinajstić information content (AvgIpc) is 2.62. The number of ether oxygens (including phenoxy) is 1. The number of benzene rings is 2. The summed E-state index contributed by atoms with van der Waals surface area (Å²) in [6, 6.07) is 16.2. The number of nitriles is 1. The highest BCUT2D eigenvalue weighted by Crippen LogP contribution is 2.29. The van der Waals surface area contributed by atoms with E-state index in [1.165, 1.54) is 0 Å². The zero-order chi connectivity index (χ0) is 17.9. The third-order valence-corrected chi connectivity index (χ3v) is 3.33. The molecule has 0 aliphatic rings. The summed E-state index contributed by atoms with van der Waals surface area (Å²) >= 11 is 0. The standard InChI is InChI=1S/C18H10F3N3O/c19-18(20,21)16-9-10-23-17(24-16)25-15-7-5-14(6-8-15)13-3-1-12(11-22)2-4-13/h1-10H. The first-order chi connectivity index (χ1) is 12.0. The Morgan fingerprint density at radius 2 is 1.48 bits per heavy atom. The third kappa shape index (κ3) is 3.93. The number of nitrogens with zero attached hydrogens (tertiary/aromatic N) is 3. The molecule has 25 heavy (non-hydrogen) atoms. The van der Waals surface area contributed by atoms with Crippen molar-refractivity contribution in [3.63, 3.8) is 0 Å². The maximum Gasteiger partial charge on any atom is 0.433 e. The molecule has 4 nitrogen and oxygen atoms in total. The van der Waals surface area contributed by atoms with E-state index in [1.807, 2.05) is 18.2 Å². The lowest BCUT2D eigenvalue weighted by Gasteiger charge is -2.08. The van der Waals surface area contributed by atoms with Crippen LogP contribution >= 0.6 is 0 Å². The number of rotatable bonds is 3. The zero-order valence-electron chi connectivity index (χ0n) is 12.7. The molecule has 7 heteroatoms. The smallest absolute Gasteiger partial charge is 0.424 e. The first-order valence-electron chi connectivity index (χ1n) is 7.14. The van der Waals surface area contributed by atoms with Crippen LogP contribution in [0, 0.1) is 11.3 Å². The van der Waals surface area contributed by atoms with Crippen molar-refractivity contribution in [2.24, 2.45) is 0 Å². The van der Waals surface area contributed by atoms with Gasteiger partial charge in [0.2, 0.25) is 0 Å². The number of halogens is 3. The minimum atomic E-state index is -4.56. The topological polar surface area (TPSA) is 58.8 Å². The van der Waals surface area contributed by atoms with Gasteiger partial charge in [-0.25, -0.2) is 4.98 Å². The predicted molar refractivity (Wildman–Crippen MR) is 83.7 cm³/mol. The highest BCUT2D eigenvalue weighted by atomic mass is 19.4. The fourth-order valence-corrected chi connectivity index (χ4v) is 2.11. The van der Waals surface area contributed by atoms with Gasteiger partial charge in [0.1, 0.15) is 5.75 Å². The fraction of sp³-hybridized carbons (Fsp3) is 0.0556. The molecule has 0 bridgehead atoms. The fourth-order valence-electron chi connectivity index (χ4n) is 2.11. The molecule has 124 valence electrons. The van der Waals surface area contributed by atoms with E-state index in [0.29, 0.717) is 11.3 Å². The summed E-state index contributed by atoms with van der Waals surface area (Å²) < 4.78 is 43.2. The van der Waals surface area contributed by atoms with Crippen LogP contribution in [0.4, 0.5) is 13.2 Å². The van der Waals surface area contributed by atoms with Gasteiger partial charge in [-0.15, -0.1) is 0 Å². The van der Waals surface area contributed by atoms with Crippen LogP contribution < -0.4 is 4.74 Å². The van der Waals surface area contributed by atoms with Gasteiger partial charge >= 0.3 is 12.2 Å². The molecule has 3 aromatic rings. The predicted octanol–water partition coefficient (Wildman–Crippen LogP) is 4.83. The molecule has 0 saturated carbocycles. The van der Waals surface area contributed by atoms with Crippen molar-refractivity contribution in [1.29, 1.82) is 5.26 Å². The van der Waals surface area contributed by atoms with Gasteiger partial charge in [0.05, 0.1) is 11.6 Å². The van der Waals surface area contributed by atoms with Gasteiger partial charge < -0.3 is 4.74 Å². The van der Waals surface area contributed by atoms with Gasteiger partial charge in [-0.3, -0.25) is 0 Å². The summed E-state index contributed by atoms with van der Waals surface area (Å²) in [5, 5.41) is 8.80. The highest BCUT2D eigenvalue weighted by Gasteiger charge is 2.33. The molecule has 0 atom stereocenters. The van der Waals surface area contributed by atoms with E-state index in [2.05, 4.69) is 9.97 Å². The van der Waals surface area contributed by atoms with Gasteiger partial charge in [0.15, 0.2) is 5.69 Å². The van der Waals surface area contributed by atoms with E-state index in [4.69, 9.17) is 10.00 Å². The van der Waals surface area contributed by atoms with Gasteiger partial charge in [0, 0.05) is 6.20 Å². The second kappa shape index (κ2) is 6.61. The molecule has 0 fully saturated rings. The number of hydrogen-bond acceptors (Lipinski definition) is 4. The average molecular weight is 341 g/mol. The Bertz CT molecular complexity index is 914. The summed E-state index contributed by atoms with van der Waals surface area (Å²) in [6.45, 7) is 0. The quantitative estimate of drug-likeness (QED) is 0.685. The summed E-state index contributed by atoms with van der Waals surface area (Å²) in [5.41, 5.74) is 1.28. The Labute approximate surface area is 141 Å². The second-order valence-corrected chi connectivity index (χ2v) is 5.04. The van der Waals surface area contributed by atoms with E-state index < -0.39 is 11.9 Å². The molecule has 0 saturated heterocycles. The molecule has 0 spiro atoms. The maximum atomic E-state index is 12.6. The van der Waals surface area contributed by atoms with Gasteiger partial charge in [-0.05, 0) is 41.5 Å². The van der Waals surface area contributed by atoms with E-state index in [9.17, 15) is 13.2 Å². The number of alkyl halides is 3. The van der Waals surface area contributed by atoms with Crippen molar-refractivity contribution in [3.05, 3.63) is 72.1 Å². The minimum Gasteiger partial charge on any atom is -0.424 e. The van der Waals surface area contributed by atoms with E-state index in [0.717, 1.165) is 23.4 Å². The summed E-state index contributed by atoms with van der Waals surface area (Å²) in [4.78, 5) is 7.03. The first kappa shape index (κ1) is 16.5. The second-order valence-electron chi connectivity index (χ2n) is 5.04. The Morgan fingerprint density at radius 1 is 0.880 bits per heavy atom. The molecule has 0 radical (unpaired) electrons. The summed E-state index contributed by atoms with van der Waals surface area (Å²) in [5.74, 6) is 0.316. The lowest BCUT2D eigenvalue weighted by molar-refractivity contribution is -0.141. The van der Waals surface area contributed by atoms with Crippen LogP contribution in [0.3, 0.4) is 0 Å². The third-order valence-electron chi connectivity index (χ3n) is 3.33. The van der Waals surface area contributed by atoms with Gasteiger partial charge in [-0.2, -0.15) is 23.4 Å². The van der Waals surface area contributed by atoms with Crippen molar-refractivity contribution < 1.29 is 17.9 Å². The first-order valence-corrected chi connectivity index (χ1v) is 7.14. The van der Waals surface area contributed by atoms with Crippen LogP contribution in [-0.4, -0.2) is 9.97 Å². The van der Waals surface area contributed by atoms with Crippen molar-refractivity contribution in [3.8, 4) is 29.0 Å². The van der Waals surface area contributed by atoms with Gasteiger partial charge in [0.25, 0.3) is 0 Å². The van der Waals surface area contributed by atoms with Crippen LogP contribution in [0.5, 0.6) is 11.8 Å². The lowest BCUT2D eigenvalue weighted by Crippen LogP contribution is -2.08. The molecular formula is C18H10F3N3O. The van der Waals surface area contributed by atoms with Crippen molar-refractivity contribution in [1.82, 2.24) is 9.97 Å². The largest absolute Gasteiger partial charge is 0.433 e. The normalized spacial score (nSPS) is 11.0. The molecule has 0 unspecified atom stereocenters. The molecule has 0 N–H and O–H groups in total. The molecule has 1 aromatic heterocycles. The Balaban J connectivity index is 1.78. The Hall–Kier alpha value is -3.40. The van der Waals surface area contributed by atoms with Crippen LogP contribution in [0.15, 0.2) is 60.8 Å². The van der Waals surface area contributed by atoms with E-state index in [1.54, 1.807) is 36.4 Å². The van der Waals surface area contributed by atoms with Crippen molar-refractivity contribution in [2.45, 2.75) is 6.18 Å². The zero-order valence-corrected chi connectivity index (χ0v) is 12.7. The molecule has 0 amide bonds. The highest BCUT2D eigenvalue weighted by molar-refractivity contribution is 5.65. The lowest BCUT2D eigenvalue weighted by atomic mass is 10.0. The van der Waals surface area contributed by atoms with E-state index in [-0.39, 0.29) is 6.01 Å². The minimum absolute atomic E-state index is 0.316. The van der Waals surface area contributed by atoms with Gasteiger partial charge in [-0.1, -0.05) is 24.3 Å². The maximum absolute atomic E-state index is 12.6. The number of hydrogen-bond donors (Lipinski definition) is 0. The molecule has 3 rings (SSSR count). The van der Waals surface area contributed by atoms with Crippen LogP contribution in [0.25, 0.3) is 11.1 Å². The van der Waals surface area contributed by atoms with Crippen molar-refractivity contribution >= 4 is 0 Å². The molecule has 0 aliphatic carbocycles. The SMILES string of the molecule is N#Cc1ccc(-c2ccc(Oc3nccc(C(F)(F)F)n3)cc2)cc1. The van der Waals surface area contributed by atoms with E-state index >= 15 is 0 Å². The summed E-state index contributed by atoms with van der Waals surface area (Å²) in [7, 11) is 0. The monoisotopic (exact) mass is 341 g/mol. The Kier molecular flexibility index (Phi) is 4.35. The molecule has 0 aliphatic heterocycles.